The largest absolute Gasteiger partial charge is 0.454 e. The summed E-state index contributed by atoms with van der Waals surface area (Å²) in [5.41, 5.74) is 2.42. The van der Waals surface area contributed by atoms with E-state index in [-0.39, 0.29) is 17.4 Å². The highest BCUT2D eigenvalue weighted by molar-refractivity contribution is 5.60. The molecule has 0 radical (unpaired) electrons. The summed E-state index contributed by atoms with van der Waals surface area (Å²) in [6.07, 6.45) is 0. The Morgan fingerprint density at radius 3 is 2.86 bits per heavy atom. The highest BCUT2D eigenvalue weighted by atomic mass is 16.7. The molecule has 6 nitrogen and oxygen atoms in total. The minimum absolute atomic E-state index is 0.109. The van der Waals surface area contributed by atoms with Crippen molar-refractivity contribution in [3.63, 3.8) is 0 Å². The molecule has 2 aromatic rings. The number of nitro benzene ring substituents is 1. The third-order valence-corrected chi connectivity index (χ3v) is 3.45. The molecular weight excluding hydrogens is 272 g/mol. The van der Waals surface area contributed by atoms with Gasteiger partial charge in [0.05, 0.1) is 4.92 Å². The fourth-order valence-corrected chi connectivity index (χ4v) is 2.33. The van der Waals surface area contributed by atoms with E-state index in [9.17, 15) is 10.1 Å². The molecule has 0 saturated heterocycles. The number of para-hydroxylation sites is 1. The van der Waals surface area contributed by atoms with E-state index in [2.05, 4.69) is 5.32 Å². The average molecular weight is 286 g/mol. The molecule has 1 heterocycles. The Labute approximate surface area is 121 Å². The fourth-order valence-electron chi connectivity index (χ4n) is 2.33. The highest BCUT2D eigenvalue weighted by Crippen LogP contribution is 2.36. The summed E-state index contributed by atoms with van der Waals surface area (Å²) < 4.78 is 10.8. The maximum Gasteiger partial charge on any atom is 0.274 e. The standard InChI is InChI=1S/C15H14N2O4/c1-10-12(5-3-6-13(10)17(18)19)16-8-11-4-2-7-14-15(11)21-9-20-14/h2-7,16H,8-9H2,1H3. The van der Waals surface area contributed by atoms with Crippen molar-refractivity contribution in [2.45, 2.75) is 13.5 Å². The van der Waals surface area contributed by atoms with Gasteiger partial charge >= 0.3 is 0 Å². The predicted molar refractivity (Wildman–Crippen MR) is 77.7 cm³/mol. The van der Waals surface area contributed by atoms with Crippen molar-refractivity contribution in [1.29, 1.82) is 0 Å². The van der Waals surface area contributed by atoms with Crippen molar-refractivity contribution < 1.29 is 14.4 Å². The lowest BCUT2D eigenvalue weighted by Crippen LogP contribution is -2.04. The average Bonchev–Trinajstić information content (AvgIpc) is 2.95. The van der Waals surface area contributed by atoms with Crippen molar-refractivity contribution >= 4 is 11.4 Å². The van der Waals surface area contributed by atoms with Crippen LogP contribution in [0.2, 0.25) is 0 Å². The van der Waals surface area contributed by atoms with Crippen LogP contribution in [-0.4, -0.2) is 11.7 Å². The van der Waals surface area contributed by atoms with Crippen LogP contribution in [-0.2, 0) is 6.54 Å². The number of benzene rings is 2. The summed E-state index contributed by atoms with van der Waals surface area (Å²) in [6.45, 7) is 2.46. The molecule has 1 N–H and O–H groups in total. The molecule has 108 valence electrons. The Morgan fingerprint density at radius 1 is 1.24 bits per heavy atom. The van der Waals surface area contributed by atoms with Crippen LogP contribution in [0.5, 0.6) is 11.5 Å². The number of hydrogen-bond acceptors (Lipinski definition) is 5. The van der Waals surface area contributed by atoms with Crippen molar-refractivity contribution in [2.24, 2.45) is 0 Å². The summed E-state index contributed by atoms with van der Waals surface area (Å²) in [5, 5.41) is 14.2. The van der Waals surface area contributed by atoms with E-state index in [0.717, 1.165) is 22.7 Å². The molecule has 0 fully saturated rings. The third-order valence-electron chi connectivity index (χ3n) is 3.45. The van der Waals surface area contributed by atoms with E-state index in [1.807, 2.05) is 24.3 Å². The van der Waals surface area contributed by atoms with Gasteiger partial charge in [-0.05, 0) is 19.1 Å². The number of fused-ring (bicyclic) bond motifs is 1. The van der Waals surface area contributed by atoms with Crippen molar-refractivity contribution in [3.8, 4) is 11.5 Å². The fraction of sp³-hybridized carbons (Fsp3) is 0.200. The van der Waals surface area contributed by atoms with Gasteiger partial charge in [-0.15, -0.1) is 0 Å². The summed E-state index contributed by atoms with van der Waals surface area (Å²) in [5.74, 6) is 1.46. The van der Waals surface area contributed by atoms with Gasteiger partial charge in [0, 0.05) is 29.4 Å². The van der Waals surface area contributed by atoms with Crippen LogP contribution in [0.25, 0.3) is 0 Å². The molecule has 6 heteroatoms. The SMILES string of the molecule is Cc1c(NCc2cccc3c2OCO3)cccc1[N+](=O)[O-]. The molecule has 0 amide bonds. The molecule has 21 heavy (non-hydrogen) atoms. The zero-order valence-corrected chi connectivity index (χ0v) is 11.5. The first-order valence-corrected chi connectivity index (χ1v) is 6.52. The number of anilines is 1. The molecule has 0 bridgehead atoms. The van der Waals surface area contributed by atoms with Crippen LogP contribution in [0.1, 0.15) is 11.1 Å². The van der Waals surface area contributed by atoms with Crippen molar-refractivity contribution in [1.82, 2.24) is 0 Å². The number of ether oxygens (including phenoxy) is 2. The number of nitrogens with one attached hydrogen (secondary N) is 1. The third kappa shape index (κ3) is 2.47. The smallest absolute Gasteiger partial charge is 0.274 e. The monoisotopic (exact) mass is 286 g/mol. The molecule has 1 aliphatic heterocycles. The van der Waals surface area contributed by atoms with E-state index in [0.29, 0.717) is 12.1 Å². The van der Waals surface area contributed by atoms with E-state index in [1.54, 1.807) is 13.0 Å². The lowest BCUT2D eigenvalue weighted by molar-refractivity contribution is -0.385. The molecule has 0 unspecified atom stereocenters. The Hall–Kier alpha value is -2.76. The van der Waals surface area contributed by atoms with Crippen LogP contribution in [0, 0.1) is 17.0 Å². The van der Waals surface area contributed by atoms with E-state index in [4.69, 9.17) is 9.47 Å². The lowest BCUT2D eigenvalue weighted by Gasteiger charge is -2.11. The van der Waals surface area contributed by atoms with Gasteiger partial charge in [-0.25, -0.2) is 0 Å². The lowest BCUT2D eigenvalue weighted by atomic mass is 10.1. The molecule has 0 atom stereocenters. The molecule has 0 aliphatic carbocycles. The Balaban J connectivity index is 1.82. The second kappa shape index (κ2) is 5.32. The van der Waals surface area contributed by atoms with Crippen LogP contribution in [0.15, 0.2) is 36.4 Å². The van der Waals surface area contributed by atoms with E-state index < -0.39 is 0 Å². The van der Waals surface area contributed by atoms with E-state index >= 15 is 0 Å². The Morgan fingerprint density at radius 2 is 2.05 bits per heavy atom. The minimum atomic E-state index is -0.377. The van der Waals surface area contributed by atoms with Crippen molar-refractivity contribution in [3.05, 3.63) is 57.6 Å². The first-order chi connectivity index (χ1) is 10.2. The zero-order valence-electron chi connectivity index (χ0n) is 11.5. The topological polar surface area (TPSA) is 73.6 Å². The maximum absolute atomic E-state index is 10.9. The number of rotatable bonds is 4. The first kappa shape index (κ1) is 13.2. The van der Waals surface area contributed by atoms with Gasteiger partial charge < -0.3 is 14.8 Å². The maximum atomic E-state index is 10.9. The summed E-state index contributed by atoms with van der Waals surface area (Å²) >= 11 is 0. The normalized spacial score (nSPS) is 12.2. The van der Waals surface area contributed by atoms with Gasteiger partial charge in [0.15, 0.2) is 11.5 Å². The molecule has 0 aromatic heterocycles. The molecule has 2 aromatic carbocycles. The Kier molecular flexibility index (Phi) is 3.35. The second-order valence-corrected chi connectivity index (χ2v) is 4.71. The molecule has 1 aliphatic rings. The number of nitrogens with zero attached hydrogens (tertiary/aromatic N) is 1. The molecular formula is C15H14N2O4. The quantitative estimate of drug-likeness (QED) is 0.690. The van der Waals surface area contributed by atoms with Crippen LogP contribution in [0.3, 0.4) is 0 Å². The summed E-state index contributed by atoms with van der Waals surface area (Å²) in [4.78, 5) is 10.6. The highest BCUT2D eigenvalue weighted by Gasteiger charge is 2.18. The van der Waals surface area contributed by atoms with Crippen LogP contribution < -0.4 is 14.8 Å². The van der Waals surface area contributed by atoms with Gasteiger partial charge in [0.1, 0.15) is 0 Å². The van der Waals surface area contributed by atoms with E-state index in [1.165, 1.54) is 6.07 Å². The molecule has 0 spiro atoms. The second-order valence-electron chi connectivity index (χ2n) is 4.71. The van der Waals surface area contributed by atoms with Gasteiger partial charge in [-0.2, -0.15) is 0 Å². The molecule has 3 rings (SSSR count). The van der Waals surface area contributed by atoms with Crippen LogP contribution >= 0.6 is 0 Å². The number of nitro groups is 1. The molecule has 0 saturated carbocycles. The van der Waals surface area contributed by atoms with Gasteiger partial charge in [0.2, 0.25) is 6.79 Å². The van der Waals surface area contributed by atoms with Crippen LogP contribution in [0.4, 0.5) is 11.4 Å². The van der Waals surface area contributed by atoms with Gasteiger partial charge in [0.25, 0.3) is 5.69 Å². The van der Waals surface area contributed by atoms with Crippen molar-refractivity contribution in [2.75, 3.05) is 12.1 Å². The van der Waals surface area contributed by atoms with Gasteiger partial charge in [-0.1, -0.05) is 18.2 Å². The number of hydrogen-bond donors (Lipinski definition) is 1. The predicted octanol–water partition coefficient (Wildman–Crippen LogP) is 3.24. The summed E-state index contributed by atoms with van der Waals surface area (Å²) in [7, 11) is 0. The zero-order chi connectivity index (χ0) is 14.8. The Bertz CT molecular complexity index is 700. The minimum Gasteiger partial charge on any atom is -0.454 e. The first-order valence-electron chi connectivity index (χ1n) is 6.52. The van der Waals surface area contributed by atoms with Gasteiger partial charge in [-0.3, -0.25) is 10.1 Å². The summed E-state index contributed by atoms with van der Waals surface area (Å²) in [6, 6.07) is 10.7.